The van der Waals surface area contributed by atoms with Gasteiger partial charge in [0.25, 0.3) is 0 Å². The molecule has 2 aliphatic carbocycles. The van der Waals surface area contributed by atoms with E-state index in [1.165, 1.54) is 5.57 Å². The van der Waals surface area contributed by atoms with E-state index >= 15 is 0 Å². The Morgan fingerprint density at radius 1 is 1.19 bits per heavy atom. The van der Waals surface area contributed by atoms with Crippen molar-refractivity contribution < 1.29 is 23.7 Å². The van der Waals surface area contributed by atoms with E-state index in [9.17, 15) is 4.79 Å². The van der Waals surface area contributed by atoms with Gasteiger partial charge in [-0.1, -0.05) is 48.1 Å². The van der Waals surface area contributed by atoms with Crippen LogP contribution in [0.25, 0.3) is 0 Å². The van der Waals surface area contributed by atoms with Crippen molar-refractivity contribution in [2.75, 3.05) is 0 Å². The van der Waals surface area contributed by atoms with Crippen molar-refractivity contribution in [1.82, 2.24) is 0 Å². The maximum atomic E-state index is 13.9. The van der Waals surface area contributed by atoms with E-state index in [-0.39, 0.29) is 17.6 Å². The Hall–Kier alpha value is -1.79. The lowest BCUT2D eigenvalue weighted by Crippen LogP contribution is -2.56. The summed E-state index contributed by atoms with van der Waals surface area (Å²) < 4.78 is 25.3. The number of ether oxygens (including phenoxy) is 4. The number of hydrogen-bond acceptors (Lipinski definition) is 5. The number of carbonyl (C=O) groups excluding carboxylic acids is 1. The lowest BCUT2D eigenvalue weighted by atomic mass is 9.75. The van der Waals surface area contributed by atoms with Gasteiger partial charge in [-0.25, -0.2) is 0 Å². The smallest absolute Gasteiger partial charge is 0.191 e. The fourth-order valence-electron chi connectivity index (χ4n) is 5.93. The Balaban J connectivity index is 1.53. The average molecular weight is 425 g/mol. The first-order valence-electron chi connectivity index (χ1n) is 11.3. The zero-order valence-corrected chi connectivity index (χ0v) is 18.6. The van der Waals surface area contributed by atoms with Gasteiger partial charge in [-0.15, -0.1) is 6.58 Å². The van der Waals surface area contributed by atoms with Crippen LogP contribution in [0, 0.1) is 17.8 Å². The van der Waals surface area contributed by atoms with Crippen molar-refractivity contribution in [3.05, 3.63) is 60.2 Å². The predicted molar refractivity (Wildman–Crippen MR) is 116 cm³/mol. The van der Waals surface area contributed by atoms with Crippen molar-refractivity contribution in [2.24, 2.45) is 17.8 Å². The molecular formula is C26H32O5. The Bertz CT molecular complexity index is 890. The number of allylic oxidation sites excluding steroid dienone is 2. The van der Waals surface area contributed by atoms with Crippen LogP contribution in [-0.4, -0.2) is 35.7 Å². The highest BCUT2D eigenvalue weighted by molar-refractivity contribution is 5.88. The van der Waals surface area contributed by atoms with Crippen LogP contribution in [0.2, 0.25) is 0 Å². The first-order valence-corrected chi connectivity index (χ1v) is 11.3. The topological polar surface area (TPSA) is 54.0 Å². The zero-order chi connectivity index (χ0) is 21.8. The molecule has 3 fully saturated rings. The lowest BCUT2D eigenvalue weighted by Gasteiger charge is -2.40. The second-order valence-corrected chi connectivity index (χ2v) is 10.00. The summed E-state index contributed by atoms with van der Waals surface area (Å²) >= 11 is 0. The molecule has 1 saturated carbocycles. The summed E-state index contributed by atoms with van der Waals surface area (Å²) in [6.45, 7) is 10.2. The molecule has 4 aliphatic rings. The minimum Gasteiger partial charge on any atom is -0.364 e. The molecule has 5 heteroatoms. The summed E-state index contributed by atoms with van der Waals surface area (Å²) in [6, 6.07) is 10.0. The molecule has 2 heterocycles. The van der Waals surface area contributed by atoms with E-state index in [1.807, 2.05) is 50.3 Å². The van der Waals surface area contributed by atoms with E-state index in [0.717, 1.165) is 18.4 Å². The highest BCUT2D eigenvalue weighted by Gasteiger charge is 2.67. The highest BCUT2D eigenvalue weighted by atomic mass is 16.8. The molecule has 0 unspecified atom stereocenters. The van der Waals surface area contributed by atoms with E-state index in [4.69, 9.17) is 18.9 Å². The Kier molecular flexibility index (Phi) is 5.21. The van der Waals surface area contributed by atoms with Gasteiger partial charge in [0.2, 0.25) is 0 Å². The van der Waals surface area contributed by atoms with E-state index in [1.54, 1.807) is 0 Å². The first-order chi connectivity index (χ1) is 14.8. The molecule has 0 N–H and O–H groups in total. The molecule has 1 aromatic rings. The average Bonchev–Trinajstić information content (AvgIpc) is 3.36. The minimum absolute atomic E-state index is 0.0882. The Labute approximate surface area is 184 Å². The molecular weight excluding hydrogens is 392 g/mol. The van der Waals surface area contributed by atoms with Crippen LogP contribution in [0.1, 0.15) is 45.6 Å². The third-order valence-corrected chi connectivity index (χ3v) is 7.26. The minimum atomic E-state index is -0.914. The summed E-state index contributed by atoms with van der Waals surface area (Å²) in [5.41, 5.74) is 1.35. The van der Waals surface area contributed by atoms with Gasteiger partial charge in [0.15, 0.2) is 24.0 Å². The summed E-state index contributed by atoms with van der Waals surface area (Å²) in [6.07, 6.45) is 4.85. The van der Waals surface area contributed by atoms with Crippen LogP contribution >= 0.6 is 0 Å². The standard InChI is InChI=1S/C26H32O5/c1-5-17-12-19-11-16(2)14-26(28-15-18-9-7-6-8-10-18)22(21(27)20(19)13-17)29-24-23(26)30-25(3,4)31-24/h5-11,17,19-20,22-24H,1,12-15H2,2-4H3/b16-11-/t17-,19+,20-,22+,23-,24+,26+/m0/s1. The molecule has 7 atom stereocenters. The first kappa shape index (κ1) is 21.1. The van der Waals surface area contributed by atoms with Crippen molar-refractivity contribution in [3.8, 4) is 0 Å². The van der Waals surface area contributed by atoms with Crippen molar-refractivity contribution in [3.63, 3.8) is 0 Å². The monoisotopic (exact) mass is 424 g/mol. The van der Waals surface area contributed by atoms with Crippen molar-refractivity contribution in [1.29, 1.82) is 0 Å². The van der Waals surface area contributed by atoms with Gasteiger partial charge in [0.05, 0.1) is 6.61 Å². The van der Waals surface area contributed by atoms with E-state index in [0.29, 0.717) is 18.9 Å². The number of ketones is 1. The molecule has 2 aliphatic heterocycles. The summed E-state index contributed by atoms with van der Waals surface area (Å²) in [5.74, 6) is -0.172. The van der Waals surface area contributed by atoms with Crippen LogP contribution in [0.15, 0.2) is 54.6 Å². The second kappa shape index (κ2) is 7.66. The maximum Gasteiger partial charge on any atom is 0.191 e. The molecule has 5 nitrogen and oxygen atoms in total. The van der Waals surface area contributed by atoms with Crippen molar-refractivity contribution in [2.45, 2.75) is 76.5 Å². The third-order valence-electron chi connectivity index (χ3n) is 7.26. The van der Waals surface area contributed by atoms with Crippen LogP contribution in [0.5, 0.6) is 0 Å². The fourth-order valence-corrected chi connectivity index (χ4v) is 5.93. The van der Waals surface area contributed by atoms with Gasteiger partial charge >= 0.3 is 0 Å². The quantitative estimate of drug-likeness (QED) is 0.663. The number of benzene rings is 1. The number of carbonyl (C=O) groups is 1. The maximum absolute atomic E-state index is 13.9. The van der Waals surface area contributed by atoms with Crippen LogP contribution in [-0.2, 0) is 30.3 Å². The Morgan fingerprint density at radius 2 is 1.97 bits per heavy atom. The highest BCUT2D eigenvalue weighted by Crippen LogP contribution is 2.52. The van der Waals surface area contributed by atoms with Crippen LogP contribution < -0.4 is 0 Å². The van der Waals surface area contributed by atoms with Gasteiger partial charge in [0, 0.05) is 12.3 Å². The molecule has 0 radical (unpaired) electrons. The molecule has 166 valence electrons. The number of fused-ring (bicyclic) bond motifs is 4. The SMILES string of the molecule is C=C[C@H]1C[C@H]2/C=C(/C)C[C@@]3(OCc4ccccc4)[C@H](O[C@@H]4OC(C)(C)O[C@@H]43)C(=O)[C@H]2C1. The molecule has 5 rings (SSSR count). The fraction of sp³-hybridized carbons (Fsp3) is 0.577. The van der Waals surface area contributed by atoms with Gasteiger partial charge in [-0.3, -0.25) is 4.79 Å². The van der Waals surface area contributed by atoms with E-state index in [2.05, 4.69) is 19.6 Å². The summed E-state index contributed by atoms with van der Waals surface area (Å²) in [7, 11) is 0. The van der Waals surface area contributed by atoms with Gasteiger partial charge < -0.3 is 18.9 Å². The molecule has 1 aromatic carbocycles. The molecule has 0 amide bonds. The Morgan fingerprint density at radius 3 is 2.71 bits per heavy atom. The second-order valence-electron chi connectivity index (χ2n) is 10.00. The molecule has 0 spiro atoms. The molecule has 2 saturated heterocycles. The van der Waals surface area contributed by atoms with Crippen LogP contribution in [0.4, 0.5) is 0 Å². The predicted octanol–water partition coefficient (Wildman–Crippen LogP) is 4.57. The third kappa shape index (κ3) is 3.62. The molecule has 0 bridgehead atoms. The van der Waals surface area contributed by atoms with Crippen LogP contribution in [0.3, 0.4) is 0 Å². The molecule has 0 aromatic heterocycles. The van der Waals surface area contributed by atoms with E-state index < -0.39 is 29.9 Å². The largest absolute Gasteiger partial charge is 0.364 e. The normalized spacial score (nSPS) is 42.7. The lowest BCUT2D eigenvalue weighted by molar-refractivity contribution is -0.237. The number of rotatable bonds is 4. The summed E-state index contributed by atoms with van der Waals surface area (Å²) in [4.78, 5) is 13.9. The molecule has 31 heavy (non-hydrogen) atoms. The zero-order valence-electron chi connectivity index (χ0n) is 18.6. The van der Waals surface area contributed by atoms with Gasteiger partial charge in [-0.05, 0) is 51.0 Å². The number of Topliss-reactive ketones (excluding diaryl/α,β-unsaturated/α-hetero) is 1. The van der Waals surface area contributed by atoms with Gasteiger partial charge in [0.1, 0.15) is 11.7 Å². The van der Waals surface area contributed by atoms with Gasteiger partial charge in [-0.2, -0.15) is 0 Å². The summed E-state index contributed by atoms with van der Waals surface area (Å²) in [5, 5.41) is 0. The van der Waals surface area contributed by atoms with Crippen molar-refractivity contribution >= 4 is 5.78 Å². The number of hydrogen-bond donors (Lipinski definition) is 0.